The van der Waals surface area contributed by atoms with Gasteiger partial charge in [-0.1, -0.05) is 0 Å². The van der Waals surface area contributed by atoms with Crippen molar-refractivity contribution in [1.29, 1.82) is 0 Å². The van der Waals surface area contributed by atoms with Gasteiger partial charge in [-0.05, 0) is 24.3 Å². The van der Waals surface area contributed by atoms with Crippen molar-refractivity contribution in [2.75, 3.05) is 31.1 Å². The van der Waals surface area contributed by atoms with Crippen molar-refractivity contribution in [3.8, 4) is 0 Å². The predicted molar refractivity (Wildman–Crippen MR) is 70.4 cm³/mol. The average molecular weight is 247 g/mol. The quantitative estimate of drug-likeness (QED) is 0.684. The number of fused-ring (bicyclic) bond motifs is 1. The number of anilines is 1. The van der Waals surface area contributed by atoms with Crippen molar-refractivity contribution < 1.29 is 9.52 Å². The molecule has 1 fully saturated rings. The van der Waals surface area contributed by atoms with Crippen LogP contribution in [-0.4, -0.2) is 31.3 Å². The van der Waals surface area contributed by atoms with E-state index in [4.69, 9.17) is 10.2 Å². The van der Waals surface area contributed by atoms with Crippen LogP contribution >= 0.6 is 0 Å². The van der Waals surface area contributed by atoms with Crippen molar-refractivity contribution >= 4 is 16.7 Å². The van der Waals surface area contributed by atoms with Gasteiger partial charge in [0.05, 0.1) is 0 Å². The number of hydrogen-bond acceptors (Lipinski definition) is 5. The molecule has 0 spiro atoms. The molecule has 0 bridgehead atoms. The summed E-state index contributed by atoms with van der Waals surface area (Å²) in [6.45, 7) is 4.04. The van der Waals surface area contributed by atoms with Gasteiger partial charge in [-0.2, -0.15) is 0 Å². The molecule has 1 atom stereocenters. The van der Waals surface area contributed by atoms with Crippen LogP contribution in [0.4, 0.5) is 5.69 Å². The second-order valence-electron chi connectivity index (χ2n) is 4.55. The molecule has 5 nitrogen and oxygen atoms in total. The van der Waals surface area contributed by atoms with Crippen LogP contribution < -0.4 is 16.0 Å². The lowest BCUT2D eigenvalue weighted by Crippen LogP contribution is -2.43. The number of rotatable bonds is 2. The standard InChI is InChI=1S/C13H17N3O2/c14-13(17)12-8-9-7-10(1-2-11(9)18-12)16-5-3-15-4-6-16/h1-2,7-8,13,15,17H,3-6,14H2. The van der Waals surface area contributed by atoms with E-state index in [1.165, 1.54) is 5.69 Å². The number of aliphatic hydroxyl groups excluding tert-OH is 1. The fourth-order valence-electron chi connectivity index (χ4n) is 2.32. The summed E-state index contributed by atoms with van der Waals surface area (Å²) >= 11 is 0. The number of nitrogens with two attached hydrogens (primary N) is 1. The van der Waals surface area contributed by atoms with Crippen LogP contribution in [0.2, 0.25) is 0 Å². The first-order chi connectivity index (χ1) is 8.74. The lowest BCUT2D eigenvalue weighted by molar-refractivity contribution is 0.160. The van der Waals surface area contributed by atoms with Gasteiger partial charge in [-0.15, -0.1) is 0 Å². The van der Waals surface area contributed by atoms with Crippen LogP contribution in [0.5, 0.6) is 0 Å². The summed E-state index contributed by atoms with van der Waals surface area (Å²) in [4.78, 5) is 2.33. The van der Waals surface area contributed by atoms with Crippen LogP contribution in [0.1, 0.15) is 12.0 Å². The first-order valence-electron chi connectivity index (χ1n) is 6.17. The first kappa shape index (κ1) is 11.5. The summed E-state index contributed by atoms with van der Waals surface area (Å²) in [6, 6.07) is 7.85. The molecule has 18 heavy (non-hydrogen) atoms. The Balaban J connectivity index is 1.94. The van der Waals surface area contributed by atoms with Crippen molar-refractivity contribution in [2.45, 2.75) is 6.23 Å². The highest BCUT2D eigenvalue weighted by atomic mass is 16.4. The molecular formula is C13H17N3O2. The average Bonchev–Trinajstić information content (AvgIpc) is 2.82. The smallest absolute Gasteiger partial charge is 0.161 e. The van der Waals surface area contributed by atoms with Crippen LogP contribution in [0.15, 0.2) is 28.7 Å². The molecule has 2 aromatic rings. The Bertz CT molecular complexity index is 544. The Labute approximate surface area is 105 Å². The summed E-state index contributed by atoms with van der Waals surface area (Å²) in [7, 11) is 0. The van der Waals surface area contributed by atoms with Crippen molar-refractivity contribution in [3.63, 3.8) is 0 Å². The van der Waals surface area contributed by atoms with Crippen LogP contribution in [0.25, 0.3) is 11.0 Å². The molecule has 4 N–H and O–H groups in total. The molecule has 1 aromatic heterocycles. The maximum Gasteiger partial charge on any atom is 0.161 e. The molecule has 0 radical (unpaired) electrons. The van der Waals surface area contributed by atoms with Gasteiger partial charge < -0.3 is 19.7 Å². The largest absolute Gasteiger partial charge is 0.457 e. The van der Waals surface area contributed by atoms with E-state index < -0.39 is 6.23 Å². The van der Waals surface area contributed by atoms with Crippen molar-refractivity contribution in [1.82, 2.24) is 5.32 Å². The number of nitrogens with zero attached hydrogens (tertiary/aromatic N) is 1. The summed E-state index contributed by atoms with van der Waals surface area (Å²) in [6.07, 6.45) is -1.06. The van der Waals surface area contributed by atoms with Gasteiger partial charge in [0.2, 0.25) is 0 Å². The second-order valence-corrected chi connectivity index (χ2v) is 4.55. The summed E-state index contributed by atoms with van der Waals surface area (Å²) < 4.78 is 5.47. The fourth-order valence-corrected chi connectivity index (χ4v) is 2.32. The van der Waals surface area contributed by atoms with Crippen molar-refractivity contribution in [3.05, 3.63) is 30.0 Å². The highest BCUT2D eigenvalue weighted by Gasteiger charge is 2.13. The molecule has 0 saturated carbocycles. The monoisotopic (exact) mass is 247 g/mol. The van der Waals surface area contributed by atoms with E-state index in [-0.39, 0.29) is 0 Å². The zero-order chi connectivity index (χ0) is 12.5. The highest BCUT2D eigenvalue weighted by molar-refractivity contribution is 5.82. The Morgan fingerprint density at radius 2 is 2.06 bits per heavy atom. The number of hydrogen-bond donors (Lipinski definition) is 3. The third kappa shape index (κ3) is 2.08. The molecule has 2 heterocycles. The third-order valence-electron chi connectivity index (χ3n) is 3.29. The molecule has 5 heteroatoms. The Hall–Kier alpha value is -1.56. The molecule has 96 valence electrons. The molecule has 1 aromatic carbocycles. The van der Waals surface area contributed by atoms with Gasteiger partial charge in [0.25, 0.3) is 0 Å². The Morgan fingerprint density at radius 1 is 1.28 bits per heavy atom. The normalized spacial score (nSPS) is 18.2. The minimum absolute atomic E-state index is 0.405. The minimum Gasteiger partial charge on any atom is -0.457 e. The first-order valence-corrected chi connectivity index (χ1v) is 6.17. The molecule has 0 amide bonds. The molecule has 1 saturated heterocycles. The fraction of sp³-hybridized carbons (Fsp3) is 0.385. The van der Waals surface area contributed by atoms with Gasteiger partial charge in [0, 0.05) is 37.3 Å². The Kier molecular flexibility index (Phi) is 2.95. The van der Waals surface area contributed by atoms with Crippen LogP contribution in [0, 0.1) is 0 Å². The van der Waals surface area contributed by atoms with E-state index in [9.17, 15) is 5.11 Å². The number of piperazine rings is 1. The topological polar surface area (TPSA) is 74.7 Å². The molecule has 1 unspecified atom stereocenters. The molecular weight excluding hydrogens is 230 g/mol. The lowest BCUT2D eigenvalue weighted by atomic mass is 10.2. The maximum atomic E-state index is 9.31. The van der Waals surface area contributed by atoms with Crippen LogP contribution in [-0.2, 0) is 0 Å². The van der Waals surface area contributed by atoms with Gasteiger partial charge in [0.15, 0.2) is 6.23 Å². The summed E-state index contributed by atoms with van der Waals surface area (Å²) in [5.41, 5.74) is 7.34. The van der Waals surface area contributed by atoms with Crippen molar-refractivity contribution in [2.24, 2.45) is 5.73 Å². The molecule has 3 rings (SSSR count). The lowest BCUT2D eigenvalue weighted by Gasteiger charge is -2.29. The number of aliphatic hydroxyl groups is 1. The third-order valence-corrected chi connectivity index (χ3v) is 3.29. The van der Waals surface area contributed by atoms with Gasteiger partial charge in [-0.3, -0.25) is 5.73 Å². The predicted octanol–water partition coefficient (Wildman–Crippen LogP) is 0.792. The van der Waals surface area contributed by atoms with E-state index in [2.05, 4.69) is 16.3 Å². The zero-order valence-corrected chi connectivity index (χ0v) is 10.1. The van der Waals surface area contributed by atoms with E-state index in [1.807, 2.05) is 12.1 Å². The molecule has 1 aliphatic rings. The highest BCUT2D eigenvalue weighted by Crippen LogP contribution is 2.26. The van der Waals surface area contributed by atoms with E-state index in [0.717, 1.165) is 37.1 Å². The van der Waals surface area contributed by atoms with Gasteiger partial charge >= 0.3 is 0 Å². The zero-order valence-electron chi connectivity index (χ0n) is 10.1. The SMILES string of the molecule is NC(O)c1cc2cc(N3CCNCC3)ccc2o1. The number of furan rings is 1. The summed E-state index contributed by atoms with van der Waals surface area (Å²) in [5, 5.41) is 13.6. The maximum absolute atomic E-state index is 9.31. The Morgan fingerprint density at radius 3 is 2.78 bits per heavy atom. The molecule has 0 aliphatic carbocycles. The minimum atomic E-state index is -1.06. The van der Waals surface area contributed by atoms with Gasteiger partial charge in [-0.25, -0.2) is 0 Å². The van der Waals surface area contributed by atoms with Gasteiger partial charge in [0.1, 0.15) is 11.3 Å². The second kappa shape index (κ2) is 4.61. The number of nitrogens with one attached hydrogen (secondary N) is 1. The molecule has 1 aliphatic heterocycles. The van der Waals surface area contributed by atoms with E-state index >= 15 is 0 Å². The number of benzene rings is 1. The van der Waals surface area contributed by atoms with Crippen LogP contribution in [0.3, 0.4) is 0 Å². The summed E-state index contributed by atoms with van der Waals surface area (Å²) in [5.74, 6) is 0.405. The van der Waals surface area contributed by atoms with E-state index in [1.54, 1.807) is 6.07 Å². The van der Waals surface area contributed by atoms with E-state index in [0.29, 0.717) is 5.76 Å².